The summed E-state index contributed by atoms with van der Waals surface area (Å²) in [6.07, 6.45) is 3.87. The summed E-state index contributed by atoms with van der Waals surface area (Å²) < 4.78 is 5.88. The van der Waals surface area contributed by atoms with Crippen molar-refractivity contribution < 1.29 is 4.74 Å². The standard InChI is InChI=1S/C17H28N2O/c1-4-10-18-14(2)15-6-5-7-17(13-15)20-12-11-19(3)16-8-9-16/h5-7,13-14,16,18H,4,8-12H2,1-3H3. The third kappa shape index (κ3) is 4.80. The summed E-state index contributed by atoms with van der Waals surface area (Å²) in [6.45, 7) is 7.23. The van der Waals surface area contributed by atoms with Crippen molar-refractivity contribution in [2.24, 2.45) is 0 Å². The average molecular weight is 276 g/mol. The fourth-order valence-electron chi connectivity index (χ4n) is 2.36. The van der Waals surface area contributed by atoms with Crippen LogP contribution in [0.4, 0.5) is 0 Å². The van der Waals surface area contributed by atoms with E-state index in [-0.39, 0.29) is 0 Å². The Labute approximate surface area is 123 Å². The van der Waals surface area contributed by atoms with Gasteiger partial charge in [-0.1, -0.05) is 19.1 Å². The number of hydrogen-bond donors (Lipinski definition) is 1. The Bertz CT molecular complexity index is 404. The molecule has 0 spiro atoms. The third-order valence-corrected chi connectivity index (χ3v) is 3.94. The van der Waals surface area contributed by atoms with E-state index in [2.05, 4.69) is 49.3 Å². The van der Waals surface area contributed by atoms with E-state index < -0.39 is 0 Å². The van der Waals surface area contributed by atoms with Gasteiger partial charge in [-0.3, -0.25) is 0 Å². The molecule has 3 heteroatoms. The first-order valence-corrected chi connectivity index (χ1v) is 7.87. The van der Waals surface area contributed by atoms with Crippen molar-refractivity contribution in [2.75, 3.05) is 26.7 Å². The smallest absolute Gasteiger partial charge is 0.119 e. The van der Waals surface area contributed by atoms with Crippen LogP contribution in [0.2, 0.25) is 0 Å². The zero-order chi connectivity index (χ0) is 14.4. The zero-order valence-corrected chi connectivity index (χ0v) is 13.1. The minimum atomic E-state index is 0.382. The van der Waals surface area contributed by atoms with Crippen LogP contribution in [0.5, 0.6) is 5.75 Å². The molecule has 0 bridgehead atoms. The molecule has 0 aliphatic heterocycles. The van der Waals surface area contributed by atoms with Crippen molar-refractivity contribution in [2.45, 2.75) is 45.2 Å². The highest BCUT2D eigenvalue weighted by molar-refractivity contribution is 5.30. The molecule has 1 N–H and O–H groups in total. The minimum Gasteiger partial charge on any atom is -0.492 e. The van der Waals surface area contributed by atoms with Gasteiger partial charge in [-0.2, -0.15) is 0 Å². The van der Waals surface area contributed by atoms with E-state index in [0.717, 1.165) is 37.9 Å². The molecule has 0 saturated heterocycles. The molecule has 0 aromatic heterocycles. The maximum atomic E-state index is 5.88. The van der Waals surface area contributed by atoms with Gasteiger partial charge in [0.05, 0.1) is 0 Å². The number of rotatable bonds is 9. The van der Waals surface area contributed by atoms with Crippen molar-refractivity contribution >= 4 is 0 Å². The third-order valence-electron chi connectivity index (χ3n) is 3.94. The molecule has 0 heterocycles. The molecule has 112 valence electrons. The Morgan fingerprint density at radius 2 is 2.20 bits per heavy atom. The van der Waals surface area contributed by atoms with Crippen LogP contribution >= 0.6 is 0 Å². The normalized spacial score (nSPS) is 16.4. The predicted molar refractivity (Wildman–Crippen MR) is 84.3 cm³/mol. The van der Waals surface area contributed by atoms with Gasteiger partial charge in [-0.15, -0.1) is 0 Å². The lowest BCUT2D eigenvalue weighted by Crippen LogP contribution is -2.26. The number of hydrogen-bond acceptors (Lipinski definition) is 3. The lowest BCUT2D eigenvalue weighted by molar-refractivity contribution is 0.231. The Kier molecular flexibility index (Phi) is 5.86. The summed E-state index contributed by atoms with van der Waals surface area (Å²) in [5, 5.41) is 3.51. The van der Waals surface area contributed by atoms with Gasteiger partial charge in [0.1, 0.15) is 12.4 Å². The van der Waals surface area contributed by atoms with E-state index in [4.69, 9.17) is 4.74 Å². The van der Waals surface area contributed by atoms with Gasteiger partial charge in [0.15, 0.2) is 0 Å². The molecule has 0 amide bonds. The minimum absolute atomic E-state index is 0.382. The Hall–Kier alpha value is -1.06. The summed E-state index contributed by atoms with van der Waals surface area (Å²) in [5.74, 6) is 0.983. The summed E-state index contributed by atoms with van der Waals surface area (Å²) in [6, 6.07) is 9.64. The molecule has 1 unspecified atom stereocenters. The van der Waals surface area contributed by atoms with Gasteiger partial charge in [-0.25, -0.2) is 0 Å². The summed E-state index contributed by atoms with van der Waals surface area (Å²) in [4.78, 5) is 2.40. The second-order valence-corrected chi connectivity index (χ2v) is 5.81. The molecule has 0 radical (unpaired) electrons. The number of benzene rings is 1. The van der Waals surface area contributed by atoms with E-state index in [1.807, 2.05) is 6.07 Å². The van der Waals surface area contributed by atoms with Crippen molar-refractivity contribution in [3.63, 3.8) is 0 Å². The van der Waals surface area contributed by atoms with E-state index in [1.54, 1.807) is 0 Å². The SMILES string of the molecule is CCCNC(C)c1cccc(OCCN(C)C2CC2)c1. The van der Waals surface area contributed by atoms with Gasteiger partial charge in [0, 0.05) is 18.6 Å². The molecule has 1 aromatic rings. The highest BCUT2D eigenvalue weighted by atomic mass is 16.5. The second kappa shape index (κ2) is 7.65. The molecule has 20 heavy (non-hydrogen) atoms. The first-order chi connectivity index (χ1) is 9.70. The summed E-state index contributed by atoms with van der Waals surface area (Å²) in [7, 11) is 2.19. The van der Waals surface area contributed by atoms with Crippen LogP contribution in [0.25, 0.3) is 0 Å². The quantitative estimate of drug-likeness (QED) is 0.749. The van der Waals surface area contributed by atoms with Gasteiger partial charge < -0.3 is 15.0 Å². The summed E-state index contributed by atoms with van der Waals surface area (Å²) >= 11 is 0. The number of ether oxygens (including phenoxy) is 1. The zero-order valence-electron chi connectivity index (χ0n) is 13.1. The first kappa shape index (κ1) is 15.3. The summed E-state index contributed by atoms with van der Waals surface area (Å²) in [5.41, 5.74) is 1.30. The largest absolute Gasteiger partial charge is 0.492 e. The molecule has 1 saturated carbocycles. The molecular formula is C17H28N2O. The number of nitrogens with one attached hydrogen (secondary N) is 1. The number of likely N-dealkylation sites (N-methyl/N-ethyl adjacent to an activating group) is 1. The van der Waals surface area contributed by atoms with E-state index in [1.165, 1.54) is 18.4 Å². The van der Waals surface area contributed by atoms with Crippen LogP contribution in [0, 0.1) is 0 Å². The van der Waals surface area contributed by atoms with Gasteiger partial charge in [-0.05, 0) is 57.5 Å². The lowest BCUT2D eigenvalue weighted by Gasteiger charge is -2.17. The molecule has 1 atom stereocenters. The van der Waals surface area contributed by atoms with Gasteiger partial charge in [0.2, 0.25) is 0 Å². The van der Waals surface area contributed by atoms with Gasteiger partial charge >= 0.3 is 0 Å². The fraction of sp³-hybridized carbons (Fsp3) is 0.647. The van der Waals surface area contributed by atoms with Crippen LogP contribution in [-0.2, 0) is 0 Å². The van der Waals surface area contributed by atoms with Crippen molar-refractivity contribution in [1.82, 2.24) is 10.2 Å². The van der Waals surface area contributed by atoms with Crippen LogP contribution in [0.15, 0.2) is 24.3 Å². The molecule has 1 fully saturated rings. The van der Waals surface area contributed by atoms with E-state index in [0.29, 0.717) is 6.04 Å². The number of nitrogens with zero attached hydrogens (tertiary/aromatic N) is 1. The average Bonchev–Trinajstić information content (AvgIpc) is 3.29. The predicted octanol–water partition coefficient (Wildman–Crippen LogP) is 3.22. The topological polar surface area (TPSA) is 24.5 Å². The Balaban J connectivity index is 1.79. The van der Waals surface area contributed by atoms with Crippen LogP contribution in [0.3, 0.4) is 0 Å². The van der Waals surface area contributed by atoms with Crippen molar-refractivity contribution in [3.05, 3.63) is 29.8 Å². The highest BCUT2D eigenvalue weighted by Crippen LogP contribution is 2.25. The van der Waals surface area contributed by atoms with Crippen LogP contribution < -0.4 is 10.1 Å². The van der Waals surface area contributed by atoms with E-state index >= 15 is 0 Å². The highest BCUT2D eigenvalue weighted by Gasteiger charge is 2.25. The van der Waals surface area contributed by atoms with Crippen molar-refractivity contribution in [1.29, 1.82) is 0 Å². The van der Waals surface area contributed by atoms with Crippen LogP contribution in [0.1, 0.15) is 44.7 Å². The Morgan fingerprint density at radius 1 is 1.40 bits per heavy atom. The molecule has 1 aromatic carbocycles. The van der Waals surface area contributed by atoms with E-state index in [9.17, 15) is 0 Å². The maximum Gasteiger partial charge on any atom is 0.119 e. The second-order valence-electron chi connectivity index (χ2n) is 5.81. The lowest BCUT2D eigenvalue weighted by atomic mass is 10.1. The first-order valence-electron chi connectivity index (χ1n) is 7.87. The molecular weight excluding hydrogens is 248 g/mol. The van der Waals surface area contributed by atoms with Gasteiger partial charge in [0.25, 0.3) is 0 Å². The monoisotopic (exact) mass is 276 g/mol. The van der Waals surface area contributed by atoms with Crippen molar-refractivity contribution in [3.8, 4) is 5.75 Å². The molecule has 3 nitrogen and oxygen atoms in total. The molecule has 1 aliphatic carbocycles. The fourth-order valence-corrected chi connectivity index (χ4v) is 2.36. The van der Waals surface area contributed by atoms with Crippen LogP contribution in [-0.4, -0.2) is 37.7 Å². The Morgan fingerprint density at radius 3 is 2.90 bits per heavy atom. The molecule has 2 rings (SSSR count). The maximum absolute atomic E-state index is 5.88. The molecule has 1 aliphatic rings.